The molecule has 1 aromatic carbocycles. The summed E-state index contributed by atoms with van der Waals surface area (Å²) >= 11 is 1.65. The molecule has 5 heteroatoms. The van der Waals surface area contributed by atoms with Gasteiger partial charge >= 0.3 is 0 Å². The van der Waals surface area contributed by atoms with Gasteiger partial charge in [0.25, 0.3) is 5.91 Å². The first-order valence-electron chi connectivity index (χ1n) is 7.48. The Morgan fingerprint density at radius 3 is 2.57 bits per heavy atom. The number of amides is 1. The topological polar surface area (TPSA) is 55.1 Å². The van der Waals surface area contributed by atoms with Crippen molar-refractivity contribution in [2.24, 2.45) is 0 Å². The van der Waals surface area contributed by atoms with Crippen LogP contribution in [-0.4, -0.2) is 17.4 Å². The summed E-state index contributed by atoms with van der Waals surface area (Å²) in [5.74, 6) is 0.924. The van der Waals surface area contributed by atoms with Gasteiger partial charge in [0, 0.05) is 17.5 Å². The zero-order valence-corrected chi connectivity index (χ0v) is 13.9. The number of hydrogen-bond donors (Lipinski definition) is 1. The van der Waals surface area contributed by atoms with E-state index >= 15 is 0 Å². The van der Waals surface area contributed by atoms with Crippen LogP contribution in [0, 0.1) is 13.8 Å². The molecule has 0 aliphatic carbocycles. The largest absolute Gasteiger partial charge is 0.456 e. The van der Waals surface area contributed by atoms with Gasteiger partial charge in [-0.1, -0.05) is 24.3 Å². The molecule has 0 aliphatic rings. The molecule has 0 fully saturated rings. The summed E-state index contributed by atoms with van der Waals surface area (Å²) in [6.45, 7) is 4.40. The van der Waals surface area contributed by atoms with Crippen LogP contribution in [0.15, 0.2) is 46.2 Å². The maximum atomic E-state index is 11.9. The SMILES string of the molecule is Cc1ccc(C(=O)NCCc2ccc(-c3csc(C)n3)cc2)o1. The molecule has 0 spiro atoms. The highest BCUT2D eigenvalue weighted by molar-refractivity contribution is 7.09. The maximum Gasteiger partial charge on any atom is 0.287 e. The number of furan rings is 1. The van der Waals surface area contributed by atoms with Gasteiger partial charge in [0.15, 0.2) is 5.76 Å². The van der Waals surface area contributed by atoms with Crippen molar-refractivity contribution in [2.75, 3.05) is 6.54 Å². The van der Waals surface area contributed by atoms with Gasteiger partial charge in [0.1, 0.15) is 5.76 Å². The van der Waals surface area contributed by atoms with Crippen LogP contribution in [0.1, 0.15) is 26.9 Å². The van der Waals surface area contributed by atoms with Gasteiger partial charge in [-0.05, 0) is 38.0 Å². The monoisotopic (exact) mass is 326 g/mol. The molecule has 0 unspecified atom stereocenters. The molecule has 0 aliphatic heterocycles. The Kier molecular flexibility index (Phi) is 4.57. The first kappa shape index (κ1) is 15.5. The van der Waals surface area contributed by atoms with Gasteiger partial charge in [-0.2, -0.15) is 0 Å². The van der Waals surface area contributed by atoms with E-state index in [0.717, 1.165) is 28.4 Å². The minimum atomic E-state index is -0.173. The van der Waals surface area contributed by atoms with E-state index < -0.39 is 0 Å². The lowest BCUT2D eigenvalue weighted by atomic mass is 10.1. The fraction of sp³-hybridized carbons (Fsp3) is 0.222. The summed E-state index contributed by atoms with van der Waals surface area (Å²) in [5.41, 5.74) is 3.31. The van der Waals surface area contributed by atoms with Crippen molar-refractivity contribution in [1.29, 1.82) is 0 Å². The molecular weight excluding hydrogens is 308 g/mol. The Bertz CT molecular complexity index is 803. The van der Waals surface area contributed by atoms with Crippen LogP contribution in [0.25, 0.3) is 11.3 Å². The summed E-state index contributed by atoms with van der Waals surface area (Å²) < 4.78 is 5.30. The molecular formula is C18H18N2O2S. The Hall–Kier alpha value is -2.40. The highest BCUT2D eigenvalue weighted by atomic mass is 32.1. The third kappa shape index (κ3) is 3.87. The molecule has 0 atom stereocenters. The van der Waals surface area contributed by atoms with E-state index in [2.05, 4.69) is 39.9 Å². The second-order valence-electron chi connectivity index (χ2n) is 5.36. The molecule has 23 heavy (non-hydrogen) atoms. The number of carbonyl (C=O) groups excluding carboxylic acids is 1. The number of hydrogen-bond acceptors (Lipinski definition) is 4. The molecule has 1 amide bonds. The number of rotatable bonds is 5. The molecule has 1 N–H and O–H groups in total. The van der Waals surface area contributed by atoms with Gasteiger partial charge in [-0.15, -0.1) is 11.3 Å². The molecule has 0 saturated carbocycles. The number of nitrogens with one attached hydrogen (secondary N) is 1. The van der Waals surface area contributed by atoms with Crippen molar-refractivity contribution in [2.45, 2.75) is 20.3 Å². The highest BCUT2D eigenvalue weighted by Crippen LogP contribution is 2.21. The molecule has 3 aromatic rings. The van der Waals surface area contributed by atoms with Crippen molar-refractivity contribution in [1.82, 2.24) is 10.3 Å². The van der Waals surface area contributed by atoms with E-state index in [1.807, 2.05) is 13.8 Å². The smallest absolute Gasteiger partial charge is 0.287 e. The van der Waals surface area contributed by atoms with Gasteiger partial charge in [-0.25, -0.2) is 4.98 Å². The van der Waals surface area contributed by atoms with Crippen LogP contribution in [0.2, 0.25) is 0 Å². The summed E-state index contributed by atoms with van der Waals surface area (Å²) in [6, 6.07) is 11.8. The minimum Gasteiger partial charge on any atom is -0.456 e. The Labute approximate surface area is 139 Å². The van der Waals surface area contributed by atoms with Crippen LogP contribution < -0.4 is 5.32 Å². The molecule has 0 bridgehead atoms. The predicted molar refractivity (Wildman–Crippen MR) is 91.8 cm³/mol. The van der Waals surface area contributed by atoms with E-state index in [9.17, 15) is 4.79 Å². The summed E-state index contributed by atoms with van der Waals surface area (Å²) in [6.07, 6.45) is 0.780. The second-order valence-corrected chi connectivity index (χ2v) is 6.43. The van der Waals surface area contributed by atoms with Crippen molar-refractivity contribution in [3.8, 4) is 11.3 Å². The lowest BCUT2D eigenvalue weighted by Gasteiger charge is -2.04. The number of aryl methyl sites for hydroxylation is 2. The number of aromatic nitrogens is 1. The van der Waals surface area contributed by atoms with E-state index in [1.54, 1.807) is 23.5 Å². The number of carbonyl (C=O) groups is 1. The maximum absolute atomic E-state index is 11.9. The zero-order chi connectivity index (χ0) is 16.2. The van der Waals surface area contributed by atoms with Crippen LogP contribution in [0.3, 0.4) is 0 Å². The summed E-state index contributed by atoms with van der Waals surface area (Å²) in [7, 11) is 0. The van der Waals surface area contributed by atoms with Crippen molar-refractivity contribution >= 4 is 17.2 Å². The highest BCUT2D eigenvalue weighted by Gasteiger charge is 2.09. The molecule has 4 nitrogen and oxygen atoms in total. The third-order valence-electron chi connectivity index (χ3n) is 3.53. The predicted octanol–water partition coefficient (Wildman–Crippen LogP) is 3.99. The molecule has 2 heterocycles. The first-order chi connectivity index (χ1) is 11.1. The van der Waals surface area contributed by atoms with Crippen molar-refractivity contribution < 1.29 is 9.21 Å². The Morgan fingerprint density at radius 1 is 1.17 bits per heavy atom. The fourth-order valence-corrected chi connectivity index (χ4v) is 2.92. The average Bonchev–Trinajstić information content (AvgIpc) is 3.16. The number of nitrogens with zero attached hydrogens (tertiary/aromatic N) is 1. The van der Waals surface area contributed by atoms with E-state index in [4.69, 9.17) is 4.42 Å². The normalized spacial score (nSPS) is 10.7. The van der Waals surface area contributed by atoms with Gasteiger partial charge < -0.3 is 9.73 Å². The van der Waals surface area contributed by atoms with Crippen molar-refractivity contribution in [3.63, 3.8) is 0 Å². The molecule has 118 valence electrons. The third-order valence-corrected chi connectivity index (χ3v) is 4.31. The molecule has 0 radical (unpaired) electrons. The standard InChI is InChI=1S/C18H18N2O2S/c1-12-3-8-17(22-12)18(21)19-10-9-14-4-6-15(7-5-14)16-11-23-13(2)20-16/h3-8,11H,9-10H2,1-2H3,(H,19,21). The van der Waals surface area contributed by atoms with Crippen LogP contribution in [0.4, 0.5) is 0 Å². The van der Waals surface area contributed by atoms with Crippen LogP contribution >= 0.6 is 11.3 Å². The minimum absolute atomic E-state index is 0.173. The summed E-state index contributed by atoms with van der Waals surface area (Å²) in [4.78, 5) is 16.4. The fourth-order valence-electron chi connectivity index (χ4n) is 2.30. The van der Waals surface area contributed by atoms with E-state index in [0.29, 0.717) is 12.3 Å². The van der Waals surface area contributed by atoms with Crippen LogP contribution in [0.5, 0.6) is 0 Å². The van der Waals surface area contributed by atoms with Crippen LogP contribution in [-0.2, 0) is 6.42 Å². The van der Waals surface area contributed by atoms with E-state index in [1.165, 1.54) is 5.56 Å². The average molecular weight is 326 g/mol. The molecule has 3 rings (SSSR count). The lowest BCUT2D eigenvalue weighted by molar-refractivity contribution is 0.0925. The first-order valence-corrected chi connectivity index (χ1v) is 8.36. The Morgan fingerprint density at radius 2 is 1.96 bits per heavy atom. The van der Waals surface area contributed by atoms with Crippen molar-refractivity contribution in [3.05, 3.63) is 63.9 Å². The molecule has 0 saturated heterocycles. The lowest BCUT2D eigenvalue weighted by Crippen LogP contribution is -2.25. The van der Waals surface area contributed by atoms with Gasteiger partial charge in [0.05, 0.1) is 10.7 Å². The van der Waals surface area contributed by atoms with Gasteiger partial charge in [-0.3, -0.25) is 4.79 Å². The van der Waals surface area contributed by atoms with E-state index in [-0.39, 0.29) is 5.91 Å². The molecule has 2 aromatic heterocycles. The second kappa shape index (κ2) is 6.79. The van der Waals surface area contributed by atoms with Gasteiger partial charge in [0.2, 0.25) is 0 Å². The number of thiazole rings is 1. The Balaban J connectivity index is 1.53. The number of benzene rings is 1. The quantitative estimate of drug-likeness (QED) is 0.771. The summed E-state index contributed by atoms with van der Waals surface area (Å²) in [5, 5.41) is 6.00. The zero-order valence-electron chi connectivity index (χ0n) is 13.1.